The normalized spacial score (nSPS) is 13.3. The summed E-state index contributed by atoms with van der Waals surface area (Å²) in [6.07, 6.45) is 4.57. The van der Waals surface area contributed by atoms with Crippen molar-refractivity contribution in [3.63, 3.8) is 0 Å². The molecule has 4 nitrogen and oxygen atoms in total. The van der Waals surface area contributed by atoms with Crippen molar-refractivity contribution in [1.29, 1.82) is 0 Å². The Morgan fingerprint density at radius 1 is 1.07 bits per heavy atom. The van der Waals surface area contributed by atoms with Gasteiger partial charge in [0.2, 0.25) is 5.91 Å². The second kappa shape index (κ2) is 9.21. The van der Waals surface area contributed by atoms with Crippen LogP contribution in [0.4, 0.5) is 13.2 Å². The zero-order valence-electron chi connectivity index (χ0n) is 14.6. The van der Waals surface area contributed by atoms with Crippen molar-refractivity contribution in [3.8, 4) is 0 Å². The van der Waals surface area contributed by atoms with Crippen LogP contribution in [-0.4, -0.2) is 17.0 Å². The molecule has 1 amide bonds. The Labute approximate surface area is 154 Å². The number of benzene rings is 2. The highest BCUT2D eigenvalue weighted by Gasteiger charge is 2.19. The summed E-state index contributed by atoms with van der Waals surface area (Å²) in [5.41, 5.74) is 4.97. The molecule has 0 aromatic heterocycles. The smallest absolute Gasteiger partial charge is 0.338 e. The van der Waals surface area contributed by atoms with Crippen LogP contribution in [0.2, 0.25) is 0 Å². The number of hydrogen-bond donors (Lipinski definition) is 2. The zero-order chi connectivity index (χ0) is 20.0. The molecule has 3 N–H and O–H groups in total. The van der Waals surface area contributed by atoms with Crippen molar-refractivity contribution in [2.75, 3.05) is 0 Å². The molecule has 27 heavy (non-hydrogen) atoms. The molecule has 2 aromatic rings. The lowest BCUT2D eigenvalue weighted by Crippen LogP contribution is -2.17. The summed E-state index contributed by atoms with van der Waals surface area (Å²) in [5, 5.41) is 8.64. The number of halogens is 3. The first-order chi connectivity index (χ1) is 12.8. The van der Waals surface area contributed by atoms with Gasteiger partial charge in [-0.2, -0.15) is 0 Å². The maximum absolute atomic E-state index is 13.0. The maximum atomic E-state index is 13.0. The number of aromatic carboxylic acids is 1. The van der Waals surface area contributed by atoms with Crippen LogP contribution in [0.15, 0.2) is 36.4 Å². The average Bonchev–Trinajstić information content (AvgIpc) is 2.50. The summed E-state index contributed by atoms with van der Waals surface area (Å²) in [7, 11) is 0. The lowest BCUT2D eigenvalue weighted by molar-refractivity contribution is -0.117. The molecule has 1 fully saturated rings. The van der Waals surface area contributed by atoms with Crippen LogP contribution in [0.5, 0.6) is 0 Å². The van der Waals surface area contributed by atoms with E-state index in [1.165, 1.54) is 25.3 Å². The van der Waals surface area contributed by atoms with E-state index in [1.807, 2.05) is 6.07 Å². The van der Waals surface area contributed by atoms with E-state index in [9.17, 15) is 22.8 Å². The fraction of sp³-hybridized carbons (Fsp3) is 0.300. The Morgan fingerprint density at radius 2 is 1.78 bits per heavy atom. The van der Waals surface area contributed by atoms with Crippen LogP contribution in [0, 0.1) is 23.4 Å². The number of rotatable bonds is 5. The third-order valence-corrected chi connectivity index (χ3v) is 4.35. The van der Waals surface area contributed by atoms with Crippen molar-refractivity contribution in [2.24, 2.45) is 11.7 Å². The second-order valence-corrected chi connectivity index (χ2v) is 6.50. The number of amides is 1. The first-order valence-corrected chi connectivity index (χ1v) is 8.50. The van der Waals surface area contributed by atoms with Crippen LogP contribution in [-0.2, 0) is 17.6 Å². The lowest BCUT2D eigenvalue weighted by Gasteiger charge is -2.25. The third-order valence-electron chi connectivity index (χ3n) is 4.35. The maximum Gasteiger partial charge on any atom is 0.338 e. The topological polar surface area (TPSA) is 80.4 Å². The minimum absolute atomic E-state index is 0.105. The van der Waals surface area contributed by atoms with Crippen LogP contribution in [0.1, 0.15) is 40.7 Å². The summed E-state index contributed by atoms with van der Waals surface area (Å²) in [6, 6.07) is 8.18. The van der Waals surface area contributed by atoms with Crippen LogP contribution >= 0.6 is 0 Å². The van der Waals surface area contributed by atoms with E-state index in [4.69, 9.17) is 10.8 Å². The highest BCUT2D eigenvalue weighted by Crippen LogP contribution is 2.29. The SMILES string of the molecule is Fc1cccc(CC2CCC2)c1.NC(=O)Cc1cc(F)cc(F)c1C(=O)O. The van der Waals surface area contributed by atoms with Gasteiger partial charge >= 0.3 is 5.97 Å². The number of carbonyl (C=O) groups is 2. The van der Waals surface area contributed by atoms with E-state index in [-0.39, 0.29) is 11.4 Å². The molecule has 1 saturated carbocycles. The lowest BCUT2D eigenvalue weighted by atomic mass is 9.81. The van der Waals surface area contributed by atoms with E-state index >= 15 is 0 Å². The van der Waals surface area contributed by atoms with Crippen molar-refractivity contribution >= 4 is 11.9 Å². The number of carboxylic acid groups (broad SMARTS) is 1. The average molecular weight is 379 g/mol. The van der Waals surface area contributed by atoms with E-state index in [0.29, 0.717) is 6.07 Å². The van der Waals surface area contributed by atoms with Gasteiger partial charge in [0.1, 0.15) is 17.5 Å². The Morgan fingerprint density at radius 3 is 2.30 bits per heavy atom. The molecule has 0 heterocycles. The van der Waals surface area contributed by atoms with Crippen LogP contribution in [0.25, 0.3) is 0 Å². The molecule has 3 rings (SSSR count). The van der Waals surface area contributed by atoms with Gasteiger partial charge in [0.25, 0.3) is 0 Å². The van der Waals surface area contributed by atoms with Gasteiger partial charge in [0.15, 0.2) is 0 Å². The zero-order valence-corrected chi connectivity index (χ0v) is 14.6. The molecule has 2 aromatic carbocycles. The van der Waals surface area contributed by atoms with Gasteiger partial charge in [0.05, 0.1) is 12.0 Å². The molecular formula is C20H20F3NO3. The van der Waals surface area contributed by atoms with Crippen LogP contribution in [0.3, 0.4) is 0 Å². The molecular weight excluding hydrogens is 359 g/mol. The van der Waals surface area contributed by atoms with E-state index in [2.05, 4.69) is 0 Å². The predicted octanol–water partition coefficient (Wildman–Crippen LogP) is 3.86. The quantitative estimate of drug-likeness (QED) is 0.828. The highest BCUT2D eigenvalue weighted by atomic mass is 19.1. The highest BCUT2D eigenvalue weighted by molar-refractivity contribution is 5.91. The molecule has 0 unspecified atom stereocenters. The van der Waals surface area contributed by atoms with Crippen molar-refractivity contribution in [3.05, 3.63) is 70.5 Å². The minimum Gasteiger partial charge on any atom is -0.478 e. The number of carbonyl (C=O) groups excluding carboxylic acids is 1. The number of hydrogen-bond acceptors (Lipinski definition) is 2. The summed E-state index contributed by atoms with van der Waals surface area (Å²) in [5.74, 6) is -3.88. The number of carboxylic acids is 1. The number of nitrogens with two attached hydrogens (primary N) is 1. The summed E-state index contributed by atoms with van der Waals surface area (Å²) >= 11 is 0. The van der Waals surface area contributed by atoms with Gasteiger partial charge in [-0.25, -0.2) is 18.0 Å². The molecule has 7 heteroatoms. The van der Waals surface area contributed by atoms with Gasteiger partial charge < -0.3 is 10.8 Å². The van der Waals surface area contributed by atoms with Gasteiger partial charge in [-0.1, -0.05) is 31.4 Å². The van der Waals surface area contributed by atoms with Crippen LogP contribution < -0.4 is 5.73 Å². The van der Waals surface area contributed by atoms with Crippen molar-refractivity contribution in [2.45, 2.75) is 32.1 Å². The molecule has 1 aliphatic rings. The van der Waals surface area contributed by atoms with Gasteiger partial charge in [-0.15, -0.1) is 0 Å². The first-order valence-electron chi connectivity index (χ1n) is 8.50. The molecule has 0 bridgehead atoms. The van der Waals surface area contributed by atoms with Crippen molar-refractivity contribution in [1.82, 2.24) is 0 Å². The summed E-state index contributed by atoms with van der Waals surface area (Å²) < 4.78 is 38.5. The molecule has 144 valence electrons. The monoisotopic (exact) mass is 379 g/mol. The summed E-state index contributed by atoms with van der Waals surface area (Å²) in [6.45, 7) is 0. The van der Waals surface area contributed by atoms with Gasteiger partial charge in [-0.05, 0) is 41.7 Å². The Hall–Kier alpha value is -2.83. The third kappa shape index (κ3) is 6.13. The standard InChI is InChI=1S/C11H13F.C9H7F2NO3/c12-11-6-2-5-10(8-11)7-9-3-1-4-9;10-5-1-4(2-7(12)13)8(9(14)15)6(11)3-5/h2,5-6,8-9H,1,3-4,7H2;1,3H,2H2,(H2,12,13)(H,14,15). The van der Waals surface area contributed by atoms with E-state index in [1.54, 1.807) is 12.1 Å². The molecule has 0 radical (unpaired) electrons. The van der Waals surface area contributed by atoms with Gasteiger partial charge in [0, 0.05) is 6.07 Å². The summed E-state index contributed by atoms with van der Waals surface area (Å²) in [4.78, 5) is 21.2. The van der Waals surface area contributed by atoms with Crippen molar-refractivity contribution < 1.29 is 27.9 Å². The molecule has 0 atom stereocenters. The van der Waals surface area contributed by atoms with E-state index < -0.39 is 35.5 Å². The molecule has 1 aliphatic carbocycles. The second-order valence-electron chi connectivity index (χ2n) is 6.50. The fourth-order valence-corrected chi connectivity index (χ4v) is 2.89. The van der Waals surface area contributed by atoms with E-state index in [0.717, 1.165) is 24.0 Å². The molecule has 0 aliphatic heterocycles. The largest absolute Gasteiger partial charge is 0.478 e. The molecule has 0 spiro atoms. The minimum atomic E-state index is -1.57. The number of primary amides is 1. The van der Waals surface area contributed by atoms with Gasteiger partial charge in [-0.3, -0.25) is 4.79 Å². The molecule has 0 saturated heterocycles. The fourth-order valence-electron chi connectivity index (χ4n) is 2.89. The Balaban J connectivity index is 0.000000198. The Kier molecular flexibility index (Phi) is 6.98. The Bertz CT molecular complexity index is 835. The predicted molar refractivity (Wildman–Crippen MR) is 93.7 cm³/mol. The first kappa shape index (κ1) is 20.5.